The third-order valence-corrected chi connectivity index (χ3v) is 3.29. The fourth-order valence-electron chi connectivity index (χ4n) is 1.32. The van der Waals surface area contributed by atoms with Gasteiger partial charge in [-0.1, -0.05) is 0 Å². The van der Waals surface area contributed by atoms with Gasteiger partial charge in [0.2, 0.25) is 5.91 Å². The monoisotopic (exact) mass is 280 g/mol. The maximum atomic E-state index is 12.5. The summed E-state index contributed by atoms with van der Waals surface area (Å²) in [5.41, 5.74) is 3.13. The lowest BCUT2D eigenvalue weighted by Crippen LogP contribution is -2.62. The summed E-state index contributed by atoms with van der Waals surface area (Å²) in [6.45, 7) is 2.31. The number of rotatable bonds is 4. The van der Waals surface area contributed by atoms with E-state index in [1.807, 2.05) is 16.8 Å². The van der Waals surface area contributed by atoms with Crippen LogP contribution in [0.2, 0.25) is 0 Å². The second kappa shape index (κ2) is 5.27. The van der Waals surface area contributed by atoms with Gasteiger partial charge in [-0.3, -0.25) is 4.79 Å². The molecule has 3 N–H and O–H groups in total. The lowest BCUT2D eigenvalue weighted by molar-refractivity contribution is -0.187. The van der Waals surface area contributed by atoms with Crippen LogP contribution in [0.1, 0.15) is 19.4 Å². The number of hydrogen-bond acceptors (Lipinski definition) is 3. The Kier molecular flexibility index (Phi) is 4.39. The minimum atomic E-state index is -4.76. The highest BCUT2D eigenvalue weighted by atomic mass is 32.1. The number of hydrogen-bond donors (Lipinski definition) is 2. The van der Waals surface area contributed by atoms with Gasteiger partial charge in [0.25, 0.3) is 0 Å². The first kappa shape index (κ1) is 15.0. The molecule has 1 aromatic heterocycles. The standard InChI is InChI=1S/C11H15F3N2OS/c1-7(5-8-3-4-18-6-8)16-9(17)10(2,15)11(12,13)14/h3-4,6-7H,5,15H2,1-2H3,(H,16,17). The van der Waals surface area contributed by atoms with Gasteiger partial charge >= 0.3 is 6.18 Å². The van der Waals surface area contributed by atoms with Crippen LogP contribution in [0, 0.1) is 0 Å². The predicted molar refractivity (Wildman–Crippen MR) is 64.3 cm³/mol. The first-order valence-electron chi connectivity index (χ1n) is 5.32. The number of carbonyl (C=O) groups excluding carboxylic acids is 1. The van der Waals surface area contributed by atoms with E-state index in [9.17, 15) is 18.0 Å². The average Bonchev–Trinajstić information content (AvgIpc) is 2.68. The van der Waals surface area contributed by atoms with Crippen LogP contribution >= 0.6 is 11.3 Å². The number of amides is 1. The summed E-state index contributed by atoms with van der Waals surface area (Å²) in [5.74, 6) is -1.21. The first-order valence-corrected chi connectivity index (χ1v) is 6.26. The van der Waals surface area contributed by atoms with Gasteiger partial charge < -0.3 is 11.1 Å². The molecule has 1 aromatic rings. The van der Waals surface area contributed by atoms with Gasteiger partial charge in [-0.15, -0.1) is 0 Å². The van der Waals surface area contributed by atoms with E-state index in [1.54, 1.807) is 6.92 Å². The van der Waals surface area contributed by atoms with Crippen LogP contribution < -0.4 is 11.1 Å². The van der Waals surface area contributed by atoms with Crippen LogP contribution in [0.25, 0.3) is 0 Å². The van der Waals surface area contributed by atoms with Crippen LogP contribution in [-0.2, 0) is 11.2 Å². The van der Waals surface area contributed by atoms with Crippen LogP contribution in [0.3, 0.4) is 0 Å². The summed E-state index contributed by atoms with van der Waals surface area (Å²) in [7, 11) is 0. The van der Waals surface area contributed by atoms with Gasteiger partial charge in [0.15, 0.2) is 5.54 Å². The molecule has 0 aromatic carbocycles. The van der Waals surface area contributed by atoms with E-state index in [0.717, 1.165) is 5.56 Å². The number of alkyl halides is 3. The van der Waals surface area contributed by atoms with E-state index in [2.05, 4.69) is 5.32 Å². The van der Waals surface area contributed by atoms with Crippen molar-refractivity contribution in [2.24, 2.45) is 5.73 Å². The van der Waals surface area contributed by atoms with Crippen molar-refractivity contribution in [1.29, 1.82) is 0 Å². The summed E-state index contributed by atoms with van der Waals surface area (Å²) in [5, 5.41) is 6.04. The van der Waals surface area contributed by atoms with Crippen molar-refractivity contribution in [3.8, 4) is 0 Å². The Morgan fingerprint density at radius 3 is 2.61 bits per heavy atom. The minimum absolute atomic E-state index is 0.405. The highest BCUT2D eigenvalue weighted by Crippen LogP contribution is 2.28. The van der Waals surface area contributed by atoms with Crippen molar-refractivity contribution in [3.05, 3.63) is 22.4 Å². The number of thiophene rings is 1. The molecule has 0 spiro atoms. The van der Waals surface area contributed by atoms with Crippen LogP contribution in [0.4, 0.5) is 13.2 Å². The van der Waals surface area contributed by atoms with Crippen molar-refractivity contribution < 1.29 is 18.0 Å². The van der Waals surface area contributed by atoms with Crippen molar-refractivity contribution in [2.75, 3.05) is 0 Å². The highest BCUT2D eigenvalue weighted by molar-refractivity contribution is 7.07. The molecule has 7 heteroatoms. The summed E-state index contributed by atoms with van der Waals surface area (Å²) in [6, 6.07) is 1.45. The molecule has 0 saturated carbocycles. The van der Waals surface area contributed by atoms with Crippen molar-refractivity contribution in [2.45, 2.75) is 38.0 Å². The second-order valence-electron chi connectivity index (χ2n) is 4.41. The Hall–Kier alpha value is -1.08. The summed E-state index contributed by atoms with van der Waals surface area (Å²) < 4.78 is 37.6. The summed E-state index contributed by atoms with van der Waals surface area (Å²) in [4.78, 5) is 11.5. The molecule has 0 saturated heterocycles. The zero-order chi connectivity index (χ0) is 14.0. The zero-order valence-corrected chi connectivity index (χ0v) is 10.9. The van der Waals surface area contributed by atoms with E-state index in [1.165, 1.54) is 11.3 Å². The smallest absolute Gasteiger partial charge is 0.351 e. The van der Waals surface area contributed by atoms with E-state index in [4.69, 9.17) is 5.73 Å². The maximum absolute atomic E-state index is 12.5. The van der Waals surface area contributed by atoms with E-state index >= 15 is 0 Å². The lowest BCUT2D eigenvalue weighted by Gasteiger charge is -2.27. The third-order valence-electron chi connectivity index (χ3n) is 2.56. The fraction of sp³-hybridized carbons (Fsp3) is 0.545. The number of nitrogens with two attached hydrogens (primary N) is 1. The Morgan fingerprint density at radius 1 is 1.56 bits per heavy atom. The molecule has 1 amide bonds. The van der Waals surface area contributed by atoms with Gasteiger partial charge in [-0.25, -0.2) is 0 Å². The van der Waals surface area contributed by atoms with Gasteiger partial charge in [-0.2, -0.15) is 24.5 Å². The Labute approximate surface area is 107 Å². The molecule has 102 valence electrons. The second-order valence-corrected chi connectivity index (χ2v) is 5.19. The minimum Gasteiger partial charge on any atom is -0.351 e. The molecule has 0 radical (unpaired) electrons. The number of halogens is 3. The average molecular weight is 280 g/mol. The number of carbonyl (C=O) groups is 1. The molecule has 0 aliphatic rings. The molecule has 18 heavy (non-hydrogen) atoms. The van der Waals surface area contributed by atoms with Gasteiger partial charge in [0.1, 0.15) is 0 Å². The van der Waals surface area contributed by atoms with Gasteiger partial charge in [0.05, 0.1) is 0 Å². The molecule has 1 heterocycles. The van der Waals surface area contributed by atoms with Crippen LogP contribution in [0.15, 0.2) is 16.8 Å². The predicted octanol–water partition coefficient (Wildman–Crippen LogP) is 2.08. The molecule has 0 aliphatic heterocycles. The van der Waals surface area contributed by atoms with Crippen molar-refractivity contribution >= 4 is 17.2 Å². The largest absolute Gasteiger partial charge is 0.415 e. The first-order chi connectivity index (χ1) is 8.14. The Bertz CT molecular complexity index is 401. The molecule has 2 atom stereocenters. The van der Waals surface area contributed by atoms with Gasteiger partial charge in [0, 0.05) is 6.04 Å². The molecule has 3 nitrogen and oxygen atoms in total. The summed E-state index contributed by atoms with van der Waals surface area (Å²) >= 11 is 1.49. The Balaban J connectivity index is 2.59. The van der Waals surface area contributed by atoms with E-state index in [0.29, 0.717) is 13.3 Å². The molecule has 0 bridgehead atoms. The zero-order valence-electron chi connectivity index (χ0n) is 10.0. The normalized spacial score (nSPS) is 17.0. The quantitative estimate of drug-likeness (QED) is 0.887. The molecule has 1 rings (SSSR count). The topological polar surface area (TPSA) is 55.1 Å². The number of nitrogens with one attached hydrogen (secondary N) is 1. The third kappa shape index (κ3) is 3.46. The van der Waals surface area contributed by atoms with E-state index < -0.39 is 23.7 Å². The lowest BCUT2D eigenvalue weighted by atomic mass is 10.0. The van der Waals surface area contributed by atoms with Crippen LogP contribution in [0.5, 0.6) is 0 Å². The van der Waals surface area contributed by atoms with Crippen molar-refractivity contribution in [1.82, 2.24) is 5.32 Å². The molecule has 2 unspecified atom stereocenters. The van der Waals surface area contributed by atoms with Crippen LogP contribution in [-0.4, -0.2) is 23.7 Å². The van der Waals surface area contributed by atoms with Crippen molar-refractivity contribution in [3.63, 3.8) is 0 Å². The Morgan fingerprint density at radius 2 is 2.17 bits per heavy atom. The molecule has 0 aliphatic carbocycles. The molecular formula is C11H15F3N2OS. The highest BCUT2D eigenvalue weighted by Gasteiger charge is 2.54. The molecular weight excluding hydrogens is 265 g/mol. The molecule has 0 fully saturated rings. The SMILES string of the molecule is CC(Cc1ccsc1)NC(=O)C(C)(N)C(F)(F)F. The maximum Gasteiger partial charge on any atom is 0.415 e. The van der Waals surface area contributed by atoms with E-state index in [-0.39, 0.29) is 0 Å². The fourth-order valence-corrected chi connectivity index (χ4v) is 2.00. The summed E-state index contributed by atoms with van der Waals surface area (Å²) in [6.07, 6.45) is -4.29. The van der Waals surface area contributed by atoms with Gasteiger partial charge in [-0.05, 0) is 42.7 Å².